The molecule has 2 aliphatic rings. The molecule has 6 rings (SSSR count). The van der Waals surface area contributed by atoms with E-state index in [-0.39, 0.29) is 17.6 Å². The molecule has 2 saturated carbocycles. The van der Waals surface area contributed by atoms with Gasteiger partial charge in [0.15, 0.2) is 11.6 Å². The molecule has 0 amide bonds. The van der Waals surface area contributed by atoms with Crippen LogP contribution in [0.15, 0.2) is 43.0 Å². The van der Waals surface area contributed by atoms with E-state index in [0.29, 0.717) is 71.8 Å². The van der Waals surface area contributed by atoms with E-state index >= 15 is 0 Å². The standard InChI is InChI=1S/C25H28F2N10O3S/c1-25(38)8-4-16(5-9-25)30-19-12-21(33-34-22(19)18-7-11-36(35-18)24(26)27)31-20-6-10-28-23(32-20)15-13-29-37(14-15)41(39,40)17-2-3-17/h6-7,10-14,16-17,24,38H,2-5,8-9H2,1H3,(H2,28,30,31,32,33). The van der Waals surface area contributed by atoms with Gasteiger partial charge >= 0.3 is 6.55 Å². The van der Waals surface area contributed by atoms with Crippen LogP contribution >= 0.6 is 0 Å². The number of hydrogen-bond donors (Lipinski definition) is 3. The first-order valence-corrected chi connectivity index (χ1v) is 14.7. The Balaban J connectivity index is 1.26. The summed E-state index contributed by atoms with van der Waals surface area (Å²) in [5.74, 6) is 0.961. The molecule has 216 valence electrons. The van der Waals surface area contributed by atoms with Crippen LogP contribution in [-0.4, -0.2) is 69.5 Å². The third-order valence-electron chi connectivity index (χ3n) is 7.20. The second-order valence-electron chi connectivity index (χ2n) is 10.6. The lowest BCUT2D eigenvalue weighted by molar-refractivity contribution is 0.0196. The molecule has 41 heavy (non-hydrogen) atoms. The molecule has 13 nitrogen and oxygen atoms in total. The Bertz CT molecular complexity index is 1660. The van der Waals surface area contributed by atoms with Crippen molar-refractivity contribution in [2.24, 2.45) is 0 Å². The van der Waals surface area contributed by atoms with E-state index in [1.807, 2.05) is 6.92 Å². The molecule has 4 aromatic rings. The number of halogens is 2. The van der Waals surface area contributed by atoms with E-state index in [9.17, 15) is 22.3 Å². The fourth-order valence-electron chi connectivity index (χ4n) is 4.71. The van der Waals surface area contributed by atoms with Gasteiger partial charge in [-0.25, -0.2) is 23.1 Å². The van der Waals surface area contributed by atoms with Crippen molar-refractivity contribution >= 4 is 27.3 Å². The average Bonchev–Trinajstić information content (AvgIpc) is 3.48. The fraction of sp³-hybridized carbons (Fsp3) is 0.440. The molecular formula is C25H28F2N10O3S. The molecule has 0 saturated heterocycles. The van der Waals surface area contributed by atoms with Crippen LogP contribution in [0.2, 0.25) is 0 Å². The maximum atomic E-state index is 13.2. The summed E-state index contributed by atoms with van der Waals surface area (Å²) in [4.78, 5) is 8.72. The molecule has 3 N–H and O–H groups in total. The van der Waals surface area contributed by atoms with Gasteiger partial charge in [0.05, 0.1) is 34.5 Å². The highest BCUT2D eigenvalue weighted by molar-refractivity contribution is 7.90. The summed E-state index contributed by atoms with van der Waals surface area (Å²) < 4.78 is 52.8. The Morgan fingerprint density at radius 2 is 1.90 bits per heavy atom. The lowest BCUT2D eigenvalue weighted by Crippen LogP contribution is -2.35. The average molecular weight is 587 g/mol. The molecule has 0 radical (unpaired) electrons. The molecular weight excluding hydrogens is 558 g/mol. The van der Waals surface area contributed by atoms with Crippen LogP contribution in [-0.2, 0) is 10.0 Å². The minimum absolute atomic E-state index is 0.0253. The van der Waals surface area contributed by atoms with Crippen LogP contribution < -0.4 is 10.6 Å². The molecule has 2 fully saturated rings. The lowest BCUT2D eigenvalue weighted by atomic mass is 9.83. The zero-order chi connectivity index (χ0) is 28.8. The molecule has 0 atom stereocenters. The van der Waals surface area contributed by atoms with E-state index in [0.717, 1.165) is 4.09 Å². The molecule has 16 heteroatoms. The summed E-state index contributed by atoms with van der Waals surface area (Å²) in [5.41, 5.74) is 0.791. The lowest BCUT2D eigenvalue weighted by Gasteiger charge is -2.34. The second-order valence-corrected chi connectivity index (χ2v) is 12.7. The zero-order valence-corrected chi connectivity index (χ0v) is 22.8. The van der Waals surface area contributed by atoms with Crippen LogP contribution in [0.5, 0.6) is 0 Å². The molecule has 0 unspecified atom stereocenters. The second kappa shape index (κ2) is 10.4. The number of hydrogen-bond acceptors (Lipinski definition) is 11. The molecule has 0 aliphatic heterocycles. The number of aromatic nitrogens is 8. The van der Waals surface area contributed by atoms with Gasteiger partial charge in [0.2, 0.25) is 0 Å². The highest BCUT2D eigenvalue weighted by Crippen LogP contribution is 2.34. The predicted octanol–water partition coefficient (Wildman–Crippen LogP) is 3.58. The van der Waals surface area contributed by atoms with Gasteiger partial charge in [-0.3, -0.25) is 0 Å². The Labute approximate surface area is 234 Å². The number of nitrogens with one attached hydrogen (secondary N) is 2. The van der Waals surface area contributed by atoms with Gasteiger partial charge < -0.3 is 15.7 Å². The smallest absolute Gasteiger partial charge is 0.333 e. The maximum absolute atomic E-state index is 13.2. The van der Waals surface area contributed by atoms with Crippen LogP contribution in [0.25, 0.3) is 22.8 Å². The van der Waals surface area contributed by atoms with Crippen molar-refractivity contribution in [1.82, 2.24) is 39.1 Å². The molecule has 0 bridgehead atoms. The topological polar surface area (TPSA) is 166 Å². The van der Waals surface area contributed by atoms with Gasteiger partial charge in [-0.05, 0) is 57.6 Å². The molecule has 0 aromatic carbocycles. The minimum Gasteiger partial charge on any atom is -0.390 e. The van der Waals surface area contributed by atoms with Gasteiger partial charge in [0.1, 0.15) is 17.2 Å². The van der Waals surface area contributed by atoms with Gasteiger partial charge in [-0.1, -0.05) is 0 Å². The predicted molar refractivity (Wildman–Crippen MR) is 145 cm³/mol. The Morgan fingerprint density at radius 3 is 2.61 bits per heavy atom. The third-order valence-corrected chi connectivity index (χ3v) is 9.24. The Morgan fingerprint density at radius 1 is 1.12 bits per heavy atom. The van der Waals surface area contributed by atoms with E-state index in [1.54, 1.807) is 12.1 Å². The van der Waals surface area contributed by atoms with Crippen molar-refractivity contribution in [1.29, 1.82) is 0 Å². The monoisotopic (exact) mass is 586 g/mol. The van der Waals surface area contributed by atoms with Crippen molar-refractivity contribution in [2.75, 3.05) is 10.6 Å². The van der Waals surface area contributed by atoms with Crippen molar-refractivity contribution in [3.63, 3.8) is 0 Å². The SMILES string of the molecule is CC1(O)CCC(Nc2cc(Nc3ccnc(-c4cnn(S(=O)(=O)C5CC5)c4)n3)nnc2-c2ccn(C(F)F)n2)CC1. The quantitative estimate of drug-likeness (QED) is 0.262. The van der Waals surface area contributed by atoms with Gasteiger partial charge in [0, 0.05) is 24.5 Å². The van der Waals surface area contributed by atoms with Crippen LogP contribution in [0.1, 0.15) is 52.0 Å². The van der Waals surface area contributed by atoms with Gasteiger partial charge in [-0.15, -0.1) is 10.2 Å². The molecule has 4 aromatic heterocycles. The number of alkyl halides is 2. The number of nitrogens with zero attached hydrogens (tertiary/aromatic N) is 8. The van der Waals surface area contributed by atoms with Crippen molar-refractivity contribution < 1.29 is 22.3 Å². The summed E-state index contributed by atoms with van der Waals surface area (Å²) >= 11 is 0. The largest absolute Gasteiger partial charge is 0.390 e. The first kappa shape index (κ1) is 27.1. The summed E-state index contributed by atoms with van der Waals surface area (Å²) in [6.45, 7) is -0.975. The van der Waals surface area contributed by atoms with Gasteiger partial charge in [-0.2, -0.15) is 23.1 Å². The summed E-state index contributed by atoms with van der Waals surface area (Å²) in [5, 5.41) is 32.9. The third kappa shape index (κ3) is 5.88. The van der Waals surface area contributed by atoms with E-state index in [2.05, 4.69) is 41.0 Å². The molecule has 4 heterocycles. The first-order valence-electron chi connectivity index (χ1n) is 13.2. The molecule has 0 spiro atoms. The van der Waals surface area contributed by atoms with Crippen molar-refractivity contribution in [2.45, 2.75) is 68.9 Å². The minimum atomic E-state index is -3.52. The molecule has 2 aliphatic carbocycles. The maximum Gasteiger partial charge on any atom is 0.333 e. The first-order chi connectivity index (χ1) is 19.6. The van der Waals surface area contributed by atoms with Gasteiger partial charge in [0.25, 0.3) is 10.0 Å². The van der Waals surface area contributed by atoms with E-state index < -0.39 is 27.4 Å². The van der Waals surface area contributed by atoms with Crippen molar-refractivity contribution in [3.8, 4) is 22.8 Å². The zero-order valence-electron chi connectivity index (χ0n) is 22.0. The normalized spacial score (nSPS) is 21.2. The highest BCUT2D eigenvalue weighted by atomic mass is 32.2. The number of aliphatic hydroxyl groups is 1. The Hall–Kier alpha value is -4.05. The van der Waals surface area contributed by atoms with Crippen LogP contribution in [0.3, 0.4) is 0 Å². The summed E-state index contributed by atoms with van der Waals surface area (Å²) in [6.07, 6.45) is 9.39. The Kier molecular flexibility index (Phi) is 6.89. The fourth-order valence-corrected chi connectivity index (χ4v) is 6.18. The van der Waals surface area contributed by atoms with E-state index in [1.165, 1.54) is 30.9 Å². The van der Waals surface area contributed by atoms with Crippen LogP contribution in [0.4, 0.5) is 26.1 Å². The van der Waals surface area contributed by atoms with Crippen LogP contribution in [0, 0.1) is 0 Å². The highest BCUT2D eigenvalue weighted by Gasteiger charge is 2.37. The number of anilines is 3. The van der Waals surface area contributed by atoms with Crippen molar-refractivity contribution in [3.05, 3.63) is 43.0 Å². The summed E-state index contributed by atoms with van der Waals surface area (Å²) in [6, 6.07) is 4.78. The number of rotatable bonds is 9. The van der Waals surface area contributed by atoms with E-state index in [4.69, 9.17) is 0 Å². The summed E-state index contributed by atoms with van der Waals surface area (Å²) in [7, 11) is -3.52.